The van der Waals surface area contributed by atoms with Crippen LogP contribution in [0.5, 0.6) is 0 Å². The number of amides is 2. The highest BCUT2D eigenvalue weighted by Gasteiger charge is 2.37. The van der Waals surface area contributed by atoms with Crippen molar-refractivity contribution in [3.05, 3.63) is 75.8 Å². The van der Waals surface area contributed by atoms with Gasteiger partial charge in [-0.2, -0.15) is 0 Å². The number of carbonyl (C=O) groups is 2. The summed E-state index contributed by atoms with van der Waals surface area (Å²) in [7, 11) is 0. The minimum absolute atomic E-state index is 0.143. The second kappa shape index (κ2) is 7.07. The maximum atomic E-state index is 12.5. The third-order valence-corrected chi connectivity index (χ3v) is 4.23. The molecule has 3 rings (SSSR count). The average molecular weight is 362 g/mol. The summed E-state index contributed by atoms with van der Waals surface area (Å²) in [5.41, 5.74) is 1.48. The van der Waals surface area contributed by atoms with Crippen LogP contribution in [0.15, 0.2) is 54.6 Å². The first kappa shape index (κ1) is 16.6. The Kier molecular flexibility index (Phi) is 4.88. The van der Waals surface area contributed by atoms with Crippen molar-refractivity contribution < 1.29 is 14.3 Å². The van der Waals surface area contributed by atoms with Crippen molar-refractivity contribution in [2.24, 2.45) is 0 Å². The molecule has 0 saturated carbocycles. The monoisotopic (exact) mass is 361 g/mol. The number of halogens is 2. The first-order chi connectivity index (χ1) is 11.6. The van der Waals surface area contributed by atoms with E-state index in [-0.39, 0.29) is 6.61 Å². The van der Waals surface area contributed by atoms with Crippen LogP contribution < -0.4 is 0 Å². The molecule has 1 aliphatic heterocycles. The number of hydrogen-bond donors (Lipinski definition) is 0. The van der Waals surface area contributed by atoms with Crippen LogP contribution in [0, 0.1) is 0 Å². The van der Waals surface area contributed by atoms with E-state index in [0.29, 0.717) is 15.6 Å². The van der Waals surface area contributed by atoms with Gasteiger partial charge in [0, 0.05) is 16.1 Å². The molecule has 122 valence electrons. The fourth-order valence-corrected chi connectivity index (χ4v) is 2.94. The largest absolute Gasteiger partial charge is 0.446 e. The lowest BCUT2D eigenvalue weighted by molar-refractivity contribution is -0.124. The Morgan fingerprint density at radius 2 is 1.92 bits per heavy atom. The highest BCUT2D eigenvalue weighted by Crippen LogP contribution is 2.28. The Bertz CT molecular complexity index is 805. The zero-order chi connectivity index (χ0) is 17.1. The zero-order valence-corrected chi connectivity index (χ0v) is 14.0. The van der Waals surface area contributed by atoms with Crippen molar-refractivity contribution in [1.82, 2.24) is 4.90 Å². The molecule has 0 aliphatic carbocycles. The van der Waals surface area contributed by atoms with E-state index >= 15 is 0 Å². The van der Waals surface area contributed by atoms with E-state index in [1.54, 1.807) is 24.3 Å². The fourth-order valence-electron chi connectivity index (χ4n) is 2.46. The van der Waals surface area contributed by atoms with Gasteiger partial charge in [-0.3, -0.25) is 4.79 Å². The predicted octanol–water partition coefficient (Wildman–Crippen LogP) is 4.73. The van der Waals surface area contributed by atoms with Gasteiger partial charge in [0.1, 0.15) is 12.6 Å². The molecule has 1 atom stereocenters. The smallest absolute Gasteiger partial charge is 0.417 e. The Morgan fingerprint density at radius 1 is 1.17 bits per heavy atom. The molecule has 2 aromatic rings. The molecule has 4 nitrogen and oxygen atoms in total. The highest BCUT2D eigenvalue weighted by atomic mass is 35.5. The standard InChI is InChI=1S/C18H13Cl2NO3/c19-14-8-6-12(15(20)10-14)7-9-17(22)21-16(11-24-18(21)23)13-4-2-1-3-5-13/h1-10,16H,11H2/b9-7+/t16-/m1/s1. The van der Waals surface area contributed by atoms with Crippen molar-refractivity contribution in [1.29, 1.82) is 0 Å². The first-order valence-corrected chi connectivity index (χ1v) is 8.00. The summed E-state index contributed by atoms with van der Waals surface area (Å²) in [6, 6.07) is 13.8. The lowest BCUT2D eigenvalue weighted by Crippen LogP contribution is -2.32. The Balaban J connectivity index is 1.82. The van der Waals surface area contributed by atoms with E-state index in [1.165, 1.54) is 6.08 Å². The molecule has 0 aromatic heterocycles. The molecular weight excluding hydrogens is 349 g/mol. The van der Waals surface area contributed by atoms with Crippen LogP contribution in [0.2, 0.25) is 10.0 Å². The van der Waals surface area contributed by atoms with Crippen molar-refractivity contribution in [3.63, 3.8) is 0 Å². The third kappa shape index (κ3) is 3.45. The molecule has 0 radical (unpaired) electrons. The number of carbonyl (C=O) groups excluding carboxylic acids is 2. The summed E-state index contributed by atoms with van der Waals surface area (Å²) >= 11 is 11.9. The molecule has 2 amide bonds. The summed E-state index contributed by atoms with van der Waals surface area (Å²) < 4.78 is 5.03. The lowest BCUT2D eigenvalue weighted by Gasteiger charge is -2.18. The Labute approximate surface area is 149 Å². The molecule has 2 aromatic carbocycles. The number of rotatable bonds is 3. The second-order valence-corrected chi connectivity index (χ2v) is 6.05. The zero-order valence-electron chi connectivity index (χ0n) is 12.5. The van der Waals surface area contributed by atoms with Crippen LogP contribution in [0.4, 0.5) is 4.79 Å². The molecule has 1 fully saturated rings. The third-order valence-electron chi connectivity index (χ3n) is 3.66. The van der Waals surface area contributed by atoms with E-state index in [2.05, 4.69) is 0 Å². The molecule has 1 saturated heterocycles. The van der Waals surface area contributed by atoms with Gasteiger partial charge in [-0.15, -0.1) is 0 Å². The summed E-state index contributed by atoms with van der Waals surface area (Å²) in [6.45, 7) is 0.143. The maximum absolute atomic E-state index is 12.5. The molecule has 1 aliphatic rings. The van der Waals surface area contributed by atoms with Gasteiger partial charge >= 0.3 is 6.09 Å². The number of imide groups is 1. The minimum Gasteiger partial charge on any atom is -0.446 e. The van der Waals surface area contributed by atoms with Crippen LogP contribution in [-0.2, 0) is 9.53 Å². The molecule has 0 bridgehead atoms. The molecule has 24 heavy (non-hydrogen) atoms. The quantitative estimate of drug-likeness (QED) is 0.742. The van der Waals surface area contributed by atoms with Gasteiger partial charge in [0.05, 0.1) is 0 Å². The molecular formula is C18H13Cl2NO3. The Morgan fingerprint density at radius 3 is 2.62 bits per heavy atom. The van der Waals surface area contributed by atoms with E-state index < -0.39 is 18.0 Å². The second-order valence-electron chi connectivity index (χ2n) is 5.21. The molecule has 0 N–H and O–H groups in total. The van der Waals surface area contributed by atoms with Crippen molar-refractivity contribution in [3.8, 4) is 0 Å². The van der Waals surface area contributed by atoms with E-state index in [4.69, 9.17) is 27.9 Å². The molecule has 0 unspecified atom stereocenters. The molecule has 1 heterocycles. The lowest BCUT2D eigenvalue weighted by atomic mass is 10.1. The van der Waals surface area contributed by atoms with Gasteiger partial charge in [-0.25, -0.2) is 9.69 Å². The van der Waals surface area contributed by atoms with Crippen molar-refractivity contribution in [2.75, 3.05) is 6.61 Å². The Hall–Kier alpha value is -2.30. The van der Waals surface area contributed by atoms with Crippen LogP contribution in [0.25, 0.3) is 6.08 Å². The number of cyclic esters (lactones) is 1. The van der Waals surface area contributed by atoms with Crippen LogP contribution in [0.1, 0.15) is 17.2 Å². The maximum Gasteiger partial charge on any atom is 0.417 e. The number of hydrogen-bond acceptors (Lipinski definition) is 3. The van der Waals surface area contributed by atoms with Crippen LogP contribution >= 0.6 is 23.2 Å². The van der Waals surface area contributed by atoms with Crippen LogP contribution in [0.3, 0.4) is 0 Å². The minimum atomic E-state index is -0.652. The number of ether oxygens (including phenoxy) is 1. The van der Waals surface area contributed by atoms with Gasteiger partial charge in [-0.1, -0.05) is 59.6 Å². The average Bonchev–Trinajstić information content (AvgIpc) is 2.96. The summed E-state index contributed by atoms with van der Waals surface area (Å²) in [5, 5.41) is 0.936. The van der Waals surface area contributed by atoms with E-state index in [9.17, 15) is 9.59 Å². The number of nitrogens with zero attached hydrogens (tertiary/aromatic N) is 1. The summed E-state index contributed by atoms with van der Waals surface area (Å²) in [6.07, 6.45) is 2.20. The van der Waals surface area contributed by atoms with Gasteiger partial charge in [0.25, 0.3) is 5.91 Å². The van der Waals surface area contributed by atoms with E-state index in [1.807, 2.05) is 30.3 Å². The van der Waals surface area contributed by atoms with E-state index in [0.717, 1.165) is 10.5 Å². The van der Waals surface area contributed by atoms with Gasteiger partial charge < -0.3 is 4.74 Å². The van der Waals surface area contributed by atoms with Gasteiger partial charge in [-0.05, 0) is 29.3 Å². The van der Waals surface area contributed by atoms with Crippen LogP contribution in [-0.4, -0.2) is 23.5 Å². The summed E-state index contributed by atoms with van der Waals surface area (Å²) in [5.74, 6) is -0.461. The van der Waals surface area contributed by atoms with Crippen molar-refractivity contribution in [2.45, 2.75) is 6.04 Å². The highest BCUT2D eigenvalue weighted by molar-refractivity contribution is 6.35. The van der Waals surface area contributed by atoms with Crippen molar-refractivity contribution >= 4 is 41.3 Å². The SMILES string of the molecule is O=C(/C=C/c1ccc(Cl)cc1Cl)N1C(=O)OC[C@@H]1c1ccccc1. The summed E-state index contributed by atoms with van der Waals surface area (Å²) in [4.78, 5) is 25.5. The predicted molar refractivity (Wildman–Crippen MR) is 92.9 cm³/mol. The van der Waals surface area contributed by atoms with Gasteiger partial charge in [0.15, 0.2) is 0 Å². The first-order valence-electron chi connectivity index (χ1n) is 7.24. The fraction of sp³-hybridized carbons (Fsp3) is 0.111. The topological polar surface area (TPSA) is 46.6 Å². The van der Waals surface area contributed by atoms with Gasteiger partial charge in [0.2, 0.25) is 0 Å². The number of benzene rings is 2. The molecule has 6 heteroatoms. The molecule has 0 spiro atoms. The normalized spacial score (nSPS) is 17.3.